The Balaban J connectivity index is 1.42. The van der Waals surface area contributed by atoms with Crippen LogP contribution >= 0.6 is 0 Å². The third-order valence-corrected chi connectivity index (χ3v) is 5.54. The molecule has 1 N–H and O–H groups in total. The highest BCUT2D eigenvalue weighted by Gasteiger charge is 2.33. The maximum atomic E-state index is 12.2. The van der Waals surface area contributed by atoms with Crippen molar-refractivity contribution in [1.82, 2.24) is 0 Å². The minimum absolute atomic E-state index is 0.237. The molecule has 0 heterocycles. The smallest absolute Gasteiger partial charge is 0.406 e. The Morgan fingerprint density at radius 3 is 2.38 bits per heavy atom. The van der Waals surface area contributed by atoms with Gasteiger partial charge in [-0.1, -0.05) is 48.9 Å². The average Bonchev–Trinajstić information content (AvgIpc) is 3.16. The van der Waals surface area contributed by atoms with E-state index in [1.807, 2.05) is 18.2 Å². The topological polar surface area (TPSA) is 38.7 Å². The monoisotopic (exact) mass is 408 g/mol. The normalized spacial score (nSPS) is 20.6. The van der Waals surface area contributed by atoms with E-state index in [2.05, 4.69) is 16.9 Å². The molecule has 0 spiro atoms. The van der Waals surface area contributed by atoms with Gasteiger partial charge in [0.2, 0.25) is 0 Å². The second-order valence-corrected chi connectivity index (χ2v) is 7.65. The van der Waals surface area contributed by atoms with Crippen LogP contribution in [0.3, 0.4) is 0 Å². The average molecular weight is 408 g/mol. The van der Waals surface area contributed by atoms with Gasteiger partial charge in [-0.3, -0.25) is 0 Å². The SMILES string of the molecule is OC(CCc1ccccc1)[C@@H]1CCC[C@H]1COCc1ccc(OC(F)(F)F)cc1. The van der Waals surface area contributed by atoms with Crippen molar-refractivity contribution in [3.05, 3.63) is 65.7 Å². The number of alkyl halides is 3. The van der Waals surface area contributed by atoms with Crippen molar-refractivity contribution in [2.45, 2.75) is 51.2 Å². The van der Waals surface area contributed by atoms with Crippen LogP contribution in [0, 0.1) is 11.8 Å². The molecular formula is C23H27F3O3. The predicted octanol–water partition coefficient (Wildman–Crippen LogP) is 5.51. The van der Waals surface area contributed by atoms with E-state index in [1.165, 1.54) is 17.7 Å². The standard InChI is InChI=1S/C23H27F3O3/c24-23(25,26)29-20-12-9-18(10-13-20)15-28-16-19-7-4-8-21(19)22(27)14-11-17-5-2-1-3-6-17/h1-3,5-6,9-10,12-13,19,21-22,27H,4,7-8,11,14-16H2/t19-,21+,22?/m0/s1. The number of aryl methyl sites for hydroxylation is 1. The number of benzene rings is 2. The predicted molar refractivity (Wildman–Crippen MR) is 104 cm³/mol. The summed E-state index contributed by atoms with van der Waals surface area (Å²) in [5, 5.41) is 10.7. The summed E-state index contributed by atoms with van der Waals surface area (Å²) in [4.78, 5) is 0. The van der Waals surface area contributed by atoms with Crippen LogP contribution in [0.1, 0.15) is 36.8 Å². The first-order valence-electron chi connectivity index (χ1n) is 10.0. The summed E-state index contributed by atoms with van der Waals surface area (Å²) in [6, 6.07) is 15.9. The van der Waals surface area contributed by atoms with Gasteiger partial charge in [0.15, 0.2) is 0 Å². The molecule has 3 atom stereocenters. The van der Waals surface area contributed by atoms with Crippen molar-refractivity contribution in [1.29, 1.82) is 0 Å². The van der Waals surface area contributed by atoms with Crippen molar-refractivity contribution >= 4 is 0 Å². The van der Waals surface area contributed by atoms with Gasteiger partial charge in [-0.15, -0.1) is 13.2 Å². The molecule has 0 amide bonds. The Morgan fingerprint density at radius 1 is 0.966 bits per heavy atom. The van der Waals surface area contributed by atoms with Crippen LogP contribution in [0.4, 0.5) is 13.2 Å². The Hall–Kier alpha value is -2.05. The third kappa shape index (κ3) is 7.05. The molecule has 0 aromatic heterocycles. The largest absolute Gasteiger partial charge is 0.573 e. The molecule has 29 heavy (non-hydrogen) atoms. The number of rotatable bonds is 9. The van der Waals surface area contributed by atoms with E-state index in [0.29, 0.717) is 19.1 Å². The summed E-state index contributed by atoms with van der Waals surface area (Å²) < 4.78 is 46.3. The van der Waals surface area contributed by atoms with E-state index in [0.717, 1.165) is 37.7 Å². The van der Waals surface area contributed by atoms with Crippen LogP contribution in [0.2, 0.25) is 0 Å². The summed E-state index contributed by atoms with van der Waals surface area (Å²) in [6.07, 6.45) is -0.296. The minimum atomic E-state index is -4.68. The van der Waals surface area contributed by atoms with E-state index >= 15 is 0 Å². The summed E-state index contributed by atoms with van der Waals surface area (Å²) in [5.74, 6) is 0.313. The second-order valence-electron chi connectivity index (χ2n) is 7.65. The van der Waals surface area contributed by atoms with E-state index < -0.39 is 6.36 Å². The number of ether oxygens (including phenoxy) is 2. The van der Waals surface area contributed by atoms with Crippen LogP contribution in [0.5, 0.6) is 5.75 Å². The molecule has 3 nitrogen and oxygen atoms in total. The molecule has 158 valence electrons. The molecular weight excluding hydrogens is 381 g/mol. The van der Waals surface area contributed by atoms with Crippen LogP contribution in [-0.2, 0) is 17.8 Å². The molecule has 0 aliphatic heterocycles. The maximum absolute atomic E-state index is 12.2. The molecule has 1 aliphatic carbocycles. The van der Waals surface area contributed by atoms with Gasteiger partial charge in [0.1, 0.15) is 5.75 Å². The third-order valence-electron chi connectivity index (χ3n) is 5.54. The summed E-state index contributed by atoms with van der Waals surface area (Å²) in [7, 11) is 0. The number of aliphatic hydroxyl groups excluding tert-OH is 1. The van der Waals surface area contributed by atoms with E-state index in [4.69, 9.17) is 4.74 Å². The zero-order valence-electron chi connectivity index (χ0n) is 16.3. The summed E-state index contributed by atoms with van der Waals surface area (Å²) in [6.45, 7) is 0.878. The highest BCUT2D eigenvalue weighted by Crippen LogP contribution is 2.36. The highest BCUT2D eigenvalue weighted by molar-refractivity contribution is 5.27. The van der Waals surface area contributed by atoms with Gasteiger partial charge < -0.3 is 14.6 Å². The number of hydrogen-bond acceptors (Lipinski definition) is 3. The summed E-state index contributed by atoms with van der Waals surface area (Å²) in [5.41, 5.74) is 2.02. The molecule has 3 rings (SSSR count). The van der Waals surface area contributed by atoms with Crippen LogP contribution in [0.15, 0.2) is 54.6 Å². The van der Waals surface area contributed by atoms with Crippen LogP contribution < -0.4 is 4.74 Å². The molecule has 1 saturated carbocycles. The first-order valence-corrected chi connectivity index (χ1v) is 10.0. The Labute approximate surface area is 169 Å². The zero-order chi connectivity index (χ0) is 20.7. The lowest BCUT2D eigenvalue weighted by atomic mass is 9.88. The molecule has 0 bridgehead atoms. The van der Waals surface area contributed by atoms with Crippen molar-refractivity contribution in [2.24, 2.45) is 11.8 Å². The fraction of sp³-hybridized carbons (Fsp3) is 0.478. The molecule has 2 aromatic carbocycles. The Kier molecular flexibility index (Phi) is 7.56. The van der Waals surface area contributed by atoms with Gasteiger partial charge in [0, 0.05) is 0 Å². The molecule has 0 radical (unpaired) electrons. The Morgan fingerprint density at radius 2 is 1.69 bits per heavy atom. The Bertz CT molecular complexity index is 731. The van der Waals surface area contributed by atoms with Crippen LogP contribution in [0.25, 0.3) is 0 Å². The molecule has 2 aromatic rings. The van der Waals surface area contributed by atoms with Crippen LogP contribution in [-0.4, -0.2) is 24.2 Å². The van der Waals surface area contributed by atoms with Gasteiger partial charge in [-0.2, -0.15) is 0 Å². The first kappa shape index (κ1) is 21.7. The van der Waals surface area contributed by atoms with Gasteiger partial charge in [0.05, 0.1) is 19.3 Å². The van der Waals surface area contributed by atoms with E-state index in [-0.39, 0.29) is 17.8 Å². The van der Waals surface area contributed by atoms with Gasteiger partial charge in [0.25, 0.3) is 0 Å². The van der Waals surface area contributed by atoms with Gasteiger partial charge in [-0.25, -0.2) is 0 Å². The molecule has 1 aliphatic rings. The fourth-order valence-corrected chi connectivity index (χ4v) is 4.07. The van der Waals surface area contributed by atoms with E-state index in [9.17, 15) is 18.3 Å². The number of halogens is 3. The second kappa shape index (κ2) is 10.1. The number of aliphatic hydroxyl groups is 1. The van der Waals surface area contributed by atoms with Crippen molar-refractivity contribution in [2.75, 3.05) is 6.61 Å². The highest BCUT2D eigenvalue weighted by atomic mass is 19.4. The molecule has 6 heteroatoms. The quantitative estimate of drug-likeness (QED) is 0.594. The van der Waals surface area contributed by atoms with Crippen molar-refractivity contribution in [3.63, 3.8) is 0 Å². The lowest BCUT2D eigenvalue weighted by Gasteiger charge is -2.25. The lowest BCUT2D eigenvalue weighted by molar-refractivity contribution is -0.274. The lowest BCUT2D eigenvalue weighted by Crippen LogP contribution is -2.27. The van der Waals surface area contributed by atoms with E-state index in [1.54, 1.807) is 12.1 Å². The zero-order valence-corrected chi connectivity index (χ0v) is 16.3. The maximum Gasteiger partial charge on any atom is 0.573 e. The van der Waals surface area contributed by atoms with Gasteiger partial charge in [-0.05, 0) is 60.8 Å². The van der Waals surface area contributed by atoms with Gasteiger partial charge >= 0.3 is 6.36 Å². The number of hydrogen-bond donors (Lipinski definition) is 1. The van der Waals surface area contributed by atoms with Crippen molar-refractivity contribution in [3.8, 4) is 5.75 Å². The fourth-order valence-electron chi connectivity index (χ4n) is 4.07. The molecule has 1 fully saturated rings. The molecule has 1 unspecified atom stereocenters. The molecule has 0 saturated heterocycles. The first-order chi connectivity index (χ1) is 13.9. The summed E-state index contributed by atoms with van der Waals surface area (Å²) >= 11 is 0. The van der Waals surface area contributed by atoms with Crippen molar-refractivity contribution < 1.29 is 27.8 Å². The minimum Gasteiger partial charge on any atom is -0.406 e.